The van der Waals surface area contributed by atoms with Gasteiger partial charge in [0.25, 0.3) is 11.8 Å². The van der Waals surface area contributed by atoms with Crippen LogP contribution in [-0.4, -0.2) is 21.6 Å². The van der Waals surface area contributed by atoms with E-state index < -0.39 is 5.91 Å². The van der Waals surface area contributed by atoms with E-state index in [1.807, 2.05) is 42.8 Å². The number of hydrazine groups is 1. The topological polar surface area (TPSA) is 76.0 Å². The van der Waals surface area contributed by atoms with Crippen molar-refractivity contribution in [3.05, 3.63) is 80.3 Å². The quantitative estimate of drug-likeness (QED) is 0.493. The van der Waals surface area contributed by atoms with Crippen LogP contribution in [0.2, 0.25) is 5.02 Å². The molecule has 0 bridgehead atoms. The zero-order valence-corrected chi connectivity index (χ0v) is 17.0. The van der Waals surface area contributed by atoms with Crippen LogP contribution in [0.25, 0.3) is 6.08 Å². The number of rotatable bonds is 5. The highest BCUT2D eigenvalue weighted by molar-refractivity contribution is 7.12. The third kappa shape index (κ3) is 4.68. The Kier molecular flexibility index (Phi) is 6.28. The maximum absolute atomic E-state index is 12.0. The van der Waals surface area contributed by atoms with E-state index in [2.05, 4.69) is 16.0 Å². The standard InChI is InChI=1S/C20H19ClN4O2S/c1-13-16(9-10-19(26)22-23-20(27)18-8-5-11-28-18)14(2)25(24-13)12-15-6-3-4-7-17(15)21/h3-11H,12H2,1-2H3,(H,22,26)(H,23,27)/b10-9+. The van der Waals surface area contributed by atoms with E-state index in [0.717, 1.165) is 22.5 Å². The molecule has 2 aromatic heterocycles. The molecule has 3 rings (SSSR count). The van der Waals surface area contributed by atoms with E-state index >= 15 is 0 Å². The van der Waals surface area contributed by atoms with Gasteiger partial charge in [-0.15, -0.1) is 11.3 Å². The number of hydrogen-bond acceptors (Lipinski definition) is 4. The maximum Gasteiger partial charge on any atom is 0.279 e. The summed E-state index contributed by atoms with van der Waals surface area (Å²) in [6, 6.07) is 11.1. The van der Waals surface area contributed by atoms with Crippen molar-refractivity contribution in [3.63, 3.8) is 0 Å². The second-order valence-electron chi connectivity index (χ2n) is 6.09. The Hall–Kier alpha value is -2.90. The molecule has 0 aliphatic carbocycles. The van der Waals surface area contributed by atoms with Gasteiger partial charge >= 0.3 is 0 Å². The van der Waals surface area contributed by atoms with Crippen LogP contribution in [0.5, 0.6) is 0 Å². The van der Waals surface area contributed by atoms with Gasteiger partial charge in [0.1, 0.15) is 0 Å². The van der Waals surface area contributed by atoms with Crippen LogP contribution in [0.4, 0.5) is 0 Å². The van der Waals surface area contributed by atoms with Crippen LogP contribution < -0.4 is 10.9 Å². The second kappa shape index (κ2) is 8.86. The van der Waals surface area contributed by atoms with Gasteiger partial charge in [0.2, 0.25) is 0 Å². The van der Waals surface area contributed by atoms with Crippen LogP contribution in [0.3, 0.4) is 0 Å². The van der Waals surface area contributed by atoms with E-state index in [1.54, 1.807) is 23.6 Å². The van der Waals surface area contributed by atoms with E-state index in [9.17, 15) is 9.59 Å². The highest BCUT2D eigenvalue weighted by Crippen LogP contribution is 2.20. The first-order valence-corrected chi connectivity index (χ1v) is 9.81. The molecule has 2 heterocycles. The minimum atomic E-state index is -0.428. The van der Waals surface area contributed by atoms with Crippen molar-refractivity contribution >= 4 is 40.8 Å². The molecule has 0 fully saturated rings. The van der Waals surface area contributed by atoms with Gasteiger partial charge in [0.05, 0.1) is 17.1 Å². The van der Waals surface area contributed by atoms with Crippen molar-refractivity contribution < 1.29 is 9.59 Å². The summed E-state index contributed by atoms with van der Waals surface area (Å²) in [7, 11) is 0. The Morgan fingerprint density at radius 3 is 2.68 bits per heavy atom. The summed E-state index contributed by atoms with van der Waals surface area (Å²) in [5, 5.41) is 7.02. The van der Waals surface area contributed by atoms with E-state index in [4.69, 9.17) is 11.6 Å². The molecular formula is C20H19ClN4O2S. The van der Waals surface area contributed by atoms with Gasteiger partial charge in [0.15, 0.2) is 0 Å². The molecule has 144 valence electrons. The lowest BCUT2D eigenvalue weighted by atomic mass is 10.1. The van der Waals surface area contributed by atoms with Crippen LogP contribution >= 0.6 is 22.9 Å². The number of thiophene rings is 1. The summed E-state index contributed by atoms with van der Waals surface area (Å²) in [5.41, 5.74) is 8.30. The van der Waals surface area contributed by atoms with Gasteiger partial charge in [-0.25, -0.2) is 0 Å². The highest BCUT2D eigenvalue weighted by atomic mass is 35.5. The second-order valence-corrected chi connectivity index (χ2v) is 7.44. The van der Waals surface area contributed by atoms with Crippen molar-refractivity contribution in [3.8, 4) is 0 Å². The largest absolute Gasteiger partial charge is 0.279 e. The zero-order valence-electron chi connectivity index (χ0n) is 15.4. The van der Waals surface area contributed by atoms with Crippen molar-refractivity contribution in [2.75, 3.05) is 0 Å². The van der Waals surface area contributed by atoms with Gasteiger partial charge in [0, 0.05) is 22.4 Å². The Labute approximate surface area is 171 Å². The fraction of sp³-hybridized carbons (Fsp3) is 0.150. The number of benzene rings is 1. The normalized spacial score (nSPS) is 11.0. The number of carbonyl (C=O) groups excluding carboxylic acids is 2. The highest BCUT2D eigenvalue weighted by Gasteiger charge is 2.11. The SMILES string of the molecule is Cc1nn(Cc2ccccc2Cl)c(C)c1/C=C/C(=O)NNC(=O)c1cccs1. The van der Waals surface area contributed by atoms with E-state index in [1.165, 1.54) is 17.4 Å². The van der Waals surface area contributed by atoms with Gasteiger partial charge in [-0.3, -0.25) is 25.1 Å². The summed E-state index contributed by atoms with van der Waals surface area (Å²) in [4.78, 5) is 24.4. The fourth-order valence-electron chi connectivity index (χ4n) is 2.68. The summed E-state index contributed by atoms with van der Waals surface area (Å²) in [5.74, 6) is -0.778. The molecule has 0 unspecified atom stereocenters. The number of aryl methyl sites for hydroxylation is 1. The molecule has 0 aliphatic rings. The predicted octanol–water partition coefficient (Wildman–Crippen LogP) is 3.74. The molecule has 0 saturated carbocycles. The minimum Gasteiger partial charge on any atom is -0.268 e. The summed E-state index contributed by atoms with van der Waals surface area (Å²) in [6.07, 6.45) is 3.05. The number of nitrogens with zero attached hydrogens (tertiary/aromatic N) is 2. The third-order valence-electron chi connectivity index (χ3n) is 4.16. The molecule has 0 spiro atoms. The monoisotopic (exact) mass is 414 g/mol. The summed E-state index contributed by atoms with van der Waals surface area (Å²) in [6.45, 7) is 4.36. The molecule has 2 amide bonds. The first-order chi connectivity index (χ1) is 13.5. The van der Waals surface area contributed by atoms with Crippen LogP contribution in [-0.2, 0) is 11.3 Å². The molecule has 2 N–H and O–H groups in total. The molecule has 28 heavy (non-hydrogen) atoms. The van der Waals surface area contributed by atoms with Crippen molar-refractivity contribution in [1.29, 1.82) is 0 Å². The van der Waals surface area contributed by atoms with E-state index in [-0.39, 0.29) is 5.91 Å². The number of aromatic nitrogens is 2. The van der Waals surface area contributed by atoms with Crippen molar-refractivity contribution in [2.24, 2.45) is 0 Å². The van der Waals surface area contributed by atoms with Crippen LogP contribution in [0.15, 0.2) is 47.9 Å². The summed E-state index contributed by atoms with van der Waals surface area (Å²) < 4.78 is 1.85. The molecule has 8 heteroatoms. The molecule has 0 saturated heterocycles. The average Bonchev–Trinajstić information content (AvgIpc) is 3.30. The average molecular weight is 415 g/mol. The molecule has 1 aromatic carbocycles. The molecule has 6 nitrogen and oxygen atoms in total. The van der Waals surface area contributed by atoms with Gasteiger partial charge in [-0.2, -0.15) is 5.10 Å². The Balaban J connectivity index is 1.65. The lowest BCUT2D eigenvalue weighted by Gasteiger charge is -2.06. The smallest absolute Gasteiger partial charge is 0.268 e. The first kappa shape index (κ1) is 19.9. The van der Waals surface area contributed by atoms with Crippen LogP contribution in [0.1, 0.15) is 32.2 Å². The maximum atomic E-state index is 12.0. The Morgan fingerprint density at radius 2 is 1.96 bits per heavy atom. The Bertz CT molecular complexity index is 1030. The number of halogens is 1. The molecule has 0 atom stereocenters. The van der Waals surface area contributed by atoms with Gasteiger partial charge in [-0.05, 0) is 43.0 Å². The zero-order chi connectivity index (χ0) is 20.1. The molecule has 0 radical (unpaired) electrons. The number of amides is 2. The Morgan fingerprint density at radius 1 is 1.18 bits per heavy atom. The lowest BCUT2D eigenvalue weighted by Crippen LogP contribution is -2.40. The molecule has 0 aliphatic heterocycles. The number of hydrogen-bond donors (Lipinski definition) is 2. The van der Waals surface area contributed by atoms with Crippen molar-refractivity contribution in [2.45, 2.75) is 20.4 Å². The third-order valence-corrected chi connectivity index (χ3v) is 5.40. The predicted molar refractivity (Wildman–Crippen MR) is 111 cm³/mol. The minimum absolute atomic E-state index is 0.350. The fourth-order valence-corrected chi connectivity index (χ4v) is 3.50. The van der Waals surface area contributed by atoms with Gasteiger partial charge < -0.3 is 0 Å². The summed E-state index contributed by atoms with van der Waals surface area (Å²) >= 11 is 7.53. The van der Waals surface area contributed by atoms with E-state index in [0.29, 0.717) is 16.4 Å². The number of nitrogens with one attached hydrogen (secondary N) is 2. The molecular weight excluding hydrogens is 396 g/mol. The van der Waals surface area contributed by atoms with Gasteiger partial charge in [-0.1, -0.05) is 35.9 Å². The first-order valence-electron chi connectivity index (χ1n) is 8.55. The van der Waals surface area contributed by atoms with Crippen LogP contribution in [0, 0.1) is 13.8 Å². The molecule has 3 aromatic rings. The number of carbonyl (C=O) groups is 2. The van der Waals surface area contributed by atoms with Crippen molar-refractivity contribution in [1.82, 2.24) is 20.6 Å². The lowest BCUT2D eigenvalue weighted by molar-refractivity contribution is -0.117.